The van der Waals surface area contributed by atoms with Crippen LogP contribution in [0.3, 0.4) is 0 Å². The number of hydrogen-bond acceptors (Lipinski definition) is 4. The predicted molar refractivity (Wildman–Crippen MR) is 80.6 cm³/mol. The zero-order valence-corrected chi connectivity index (χ0v) is 13.3. The van der Waals surface area contributed by atoms with Crippen molar-refractivity contribution in [1.29, 1.82) is 0 Å². The molecule has 0 bridgehead atoms. The summed E-state index contributed by atoms with van der Waals surface area (Å²) in [6, 6.07) is 6.97. The van der Waals surface area contributed by atoms with E-state index in [2.05, 4.69) is 20.0 Å². The van der Waals surface area contributed by atoms with Gasteiger partial charge in [0, 0.05) is 25.5 Å². The summed E-state index contributed by atoms with van der Waals surface area (Å²) in [5.74, 6) is -3.46. The number of aromatic nitrogens is 2. The molecule has 7 heteroatoms. The Morgan fingerprint density at radius 2 is 1.96 bits per heavy atom. The minimum absolute atomic E-state index is 0.00272. The fourth-order valence-corrected chi connectivity index (χ4v) is 1.93. The smallest absolute Gasteiger partial charge is 0.322 e. The van der Waals surface area contributed by atoms with Crippen LogP contribution in [0.4, 0.5) is 8.78 Å². The van der Waals surface area contributed by atoms with E-state index in [0.717, 1.165) is 5.56 Å². The van der Waals surface area contributed by atoms with Crippen LogP contribution in [-0.2, 0) is 17.3 Å². The molecule has 0 atom stereocenters. The summed E-state index contributed by atoms with van der Waals surface area (Å²) in [6.07, 6.45) is 0.481. The Hall–Kier alpha value is -2.31. The van der Waals surface area contributed by atoms with Crippen molar-refractivity contribution in [2.24, 2.45) is 5.92 Å². The molecular weight excluding hydrogens is 304 g/mol. The van der Waals surface area contributed by atoms with Gasteiger partial charge in [0.25, 0.3) is 5.89 Å². The van der Waals surface area contributed by atoms with E-state index in [-0.39, 0.29) is 11.7 Å². The minimum Gasteiger partial charge on any atom is -0.352 e. The lowest BCUT2D eigenvalue weighted by atomic mass is 10.1. The first-order chi connectivity index (χ1) is 10.8. The zero-order valence-electron chi connectivity index (χ0n) is 13.3. The van der Waals surface area contributed by atoms with Crippen molar-refractivity contribution in [1.82, 2.24) is 15.5 Å². The standard InChI is InChI=1S/C16H19F2N3O2/c1-10(2)8-13(22)19-9-11-4-6-12(7-5-11)14-20-15(23-21-14)16(3,17)18/h4-7,10H,8-9H2,1-3H3,(H,19,22). The molecule has 0 saturated carbocycles. The van der Waals surface area contributed by atoms with Gasteiger partial charge < -0.3 is 9.84 Å². The summed E-state index contributed by atoms with van der Waals surface area (Å²) in [4.78, 5) is 15.3. The van der Waals surface area contributed by atoms with E-state index < -0.39 is 11.8 Å². The van der Waals surface area contributed by atoms with Gasteiger partial charge in [-0.1, -0.05) is 43.3 Å². The highest BCUT2D eigenvalue weighted by Gasteiger charge is 2.32. The molecule has 124 valence electrons. The molecule has 1 aromatic carbocycles. The van der Waals surface area contributed by atoms with Crippen molar-refractivity contribution in [3.63, 3.8) is 0 Å². The van der Waals surface area contributed by atoms with E-state index in [1.165, 1.54) is 0 Å². The molecule has 1 amide bonds. The van der Waals surface area contributed by atoms with Crippen molar-refractivity contribution in [3.05, 3.63) is 35.7 Å². The van der Waals surface area contributed by atoms with Crippen LogP contribution in [0.1, 0.15) is 38.6 Å². The lowest BCUT2D eigenvalue weighted by Crippen LogP contribution is -2.23. The summed E-state index contributed by atoms with van der Waals surface area (Å²) in [5.41, 5.74) is 1.47. The number of carbonyl (C=O) groups excluding carboxylic acids is 1. The number of carbonyl (C=O) groups is 1. The van der Waals surface area contributed by atoms with E-state index in [4.69, 9.17) is 0 Å². The summed E-state index contributed by atoms with van der Waals surface area (Å²) in [5, 5.41) is 6.38. The molecule has 5 nitrogen and oxygen atoms in total. The molecule has 1 N–H and O–H groups in total. The Labute approximate surface area is 133 Å². The Kier molecular flexibility index (Phi) is 5.08. The lowest BCUT2D eigenvalue weighted by Gasteiger charge is -2.07. The van der Waals surface area contributed by atoms with Crippen LogP contribution >= 0.6 is 0 Å². The van der Waals surface area contributed by atoms with Gasteiger partial charge in [-0.05, 0) is 11.5 Å². The van der Waals surface area contributed by atoms with E-state index >= 15 is 0 Å². The molecule has 0 saturated heterocycles. The predicted octanol–water partition coefficient (Wildman–Crippen LogP) is 3.51. The van der Waals surface area contributed by atoms with Crippen molar-refractivity contribution >= 4 is 5.91 Å². The number of rotatable bonds is 6. The average Bonchev–Trinajstić information content (AvgIpc) is 2.95. The quantitative estimate of drug-likeness (QED) is 0.883. The number of hydrogen-bond donors (Lipinski definition) is 1. The van der Waals surface area contributed by atoms with Gasteiger partial charge in [-0.15, -0.1) is 0 Å². The first-order valence-corrected chi connectivity index (χ1v) is 7.33. The fraction of sp³-hybridized carbons (Fsp3) is 0.438. The molecule has 23 heavy (non-hydrogen) atoms. The first-order valence-electron chi connectivity index (χ1n) is 7.33. The highest BCUT2D eigenvalue weighted by atomic mass is 19.3. The second-order valence-electron chi connectivity index (χ2n) is 5.88. The molecule has 0 aliphatic carbocycles. The van der Waals surface area contributed by atoms with E-state index in [1.807, 2.05) is 13.8 Å². The third-order valence-electron chi connectivity index (χ3n) is 3.10. The van der Waals surface area contributed by atoms with Gasteiger partial charge in [0.1, 0.15) is 0 Å². The van der Waals surface area contributed by atoms with Crippen LogP contribution in [0.2, 0.25) is 0 Å². The van der Waals surface area contributed by atoms with Crippen LogP contribution in [0.5, 0.6) is 0 Å². The first kappa shape index (κ1) is 17.1. The monoisotopic (exact) mass is 323 g/mol. The van der Waals surface area contributed by atoms with Crippen molar-refractivity contribution in [3.8, 4) is 11.4 Å². The van der Waals surface area contributed by atoms with Crippen LogP contribution in [0.25, 0.3) is 11.4 Å². The molecule has 0 aliphatic rings. The van der Waals surface area contributed by atoms with E-state index in [9.17, 15) is 13.6 Å². The number of benzene rings is 1. The lowest BCUT2D eigenvalue weighted by molar-refractivity contribution is -0.121. The number of nitrogens with zero attached hydrogens (tertiary/aromatic N) is 2. The van der Waals surface area contributed by atoms with Gasteiger partial charge in [0.2, 0.25) is 11.7 Å². The fourth-order valence-electron chi connectivity index (χ4n) is 1.93. The van der Waals surface area contributed by atoms with Gasteiger partial charge in [0.15, 0.2) is 0 Å². The van der Waals surface area contributed by atoms with Crippen molar-refractivity contribution < 1.29 is 18.1 Å². The number of alkyl halides is 2. The van der Waals surface area contributed by atoms with Crippen LogP contribution in [-0.4, -0.2) is 16.0 Å². The second-order valence-corrected chi connectivity index (χ2v) is 5.88. The molecular formula is C16H19F2N3O2. The second kappa shape index (κ2) is 6.85. The summed E-state index contributed by atoms with van der Waals surface area (Å²) in [6.45, 7) is 5.07. The van der Waals surface area contributed by atoms with Crippen LogP contribution < -0.4 is 5.32 Å². The Morgan fingerprint density at radius 3 is 2.48 bits per heavy atom. The number of halogens is 2. The van der Waals surface area contributed by atoms with Crippen molar-refractivity contribution in [2.45, 2.75) is 39.7 Å². The van der Waals surface area contributed by atoms with Gasteiger partial charge in [-0.3, -0.25) is 4.79 Å². The summed E-state index contributed by atoms with van der Waals surface area (Å²) in [7, 11) is 0. The molecule has 0 spiro atoms. The van der Waals surface area contributed by atoms with Gasteiger partial charge in [-0.25, -0.2) is 0 Å². The van der Waals surface area contributed by atoms with Gasteiger partial charge in [-0.2, -0.15) is 13.8 Å². The number of amides is 1. The van der Waals surface area contributed by atoms with Gasteiger partial charge >= 0.3 is 5.92 Å². The van der Waals surface area contributed by atoms with Gasteiger partial charge in [0.05, 0.1) is 0 Å². The Bertz CT molecular complexity index is 661. The van der Waals surface area contributed by atoms with E-state index in [0.29, 0.717) is 31.4 Å². The zero-order chi connectivity index (χ0) is 17.0. The molecule has 1 aromatic heterocycles. The molecule has 0 aliphatic heterocycles. The summed E-state index contributed by atoms with van der Waals surface area (Å²) >= 11 is 0. The van der Waals surface area contributed by atoms with Crippen LogP contribution in [0, 0.1) is 5.92 Å². The molecule has 1 heterocycles. The normalized spacial score (nSPS) is 11.7. The maximum absolute atomic E-state index is 13.1. The van der Waals surface area contributed by atoms with Crippen molar-refractivity contribution in [2.75, 3.05) is 0 Å². The topological polar surface area (TPSA) is 68.0 Å². The Balaban J connectivity index is 1.99. The SMILES string of the molecule is CC(C)CC(=O)NCc1ccc(-c2noc(C(C)(F)F)n2)cc1. The molecule has 2 aromatic rings. The largest absolute Gasteiger partial charge is 0.352 e. The highest BCUT2D eigenvalue weighted by molar-refractivity contribution is 5.76. The average molecular weight is 323 g/mol. The molecule has 0 fully saturated rings. The highest BCUT2D eigenvalue weighted by Crippen LogP contribution is 2.27. The molecule has 2 rings (SSSR count). The third kappa shape index (κ3) is 4.84. The Morgan fingerprint density at radius 1 is 1.30 bits per heavy atom. The van der Waals surface area contributed by atoms with Crippen LogP contribution in [0.15, 0.2) is 28.8 Å². The molecule has 0 unspecified atom stereocenters. The van der Waals surface area contributed by atoms with E-state index in [1.54, 1.807) is 24.3 Å². The minimum atomic E-state index is -3.16. The molecule has 0 radical (unpaired) electrons. The summed E-state index contributed by atoms with van der Waals surface area (Å²) < 4.78 is 30.7. The maximum atomic E-state index is 13.1. The third-order valence-corrected chi connectivity index (χ3v) is 3.10. The maximum Gasteiger partial charge on any atom is 0.322 e. The number of nitrogens with one attached hydrogen (secondary N) is 1.